The molecular formula is C23H21ClN4O3S. The Bertz CT molecular complexity index is 1340. The van der Waals surface area contributed by atoms with E-state index in [0.717, 1.165) is 11.3 Å². The van der Waals surface area contributed by atoms with Gasteiger partial charge in [0.15, 0.2) is 0 Å². The Kier molecular flexibility index (Phi) is 6.16. The number of hydrogen-bond donors (Lipinski definition) is 2. The van der Waals surface area contributed by atoms with E-state index in [1.54, 1.807) is 25.1 Å². The van der Waals surface area contributed by atoms with Crippen LogP contribution in [-0.4, -0.2) is 27.8 Å². The lowest BCUT2D eigenvalue weighted by atomic mass is 10.1. The lowest BCUT2D eigenvalue weighted by molar-refractivity contribution is -0.115. The molecule has 0 atom stereocenters. The number of nitrogens with one attached hydrogen (secondary N) is 2. The summed E-state index contributed by atoms with van der Waals surface area (Å²) in [6, 6.07) is 13.0. The first kappa shape index (κ1) is 21.9. The van der Waals surface area contributed by atoms with Crippen LogP contribution in [-0.2, 0) is 11.2 Å². The molecule has 2 heterocycles. The molecular weight excluding hydrogens is 448 g/mol. The van der Waals surface area contributed by atoms with Gasteiger partial charge in [-0.3, -0.25) is 14.7 Å². The number of benzene rings is 2. The summed E-state index contributed by atoms with van der Waals surface area (Å²) in [5.74, 6) is 0.133. The third-order valence-corrected chi connectivity index (χ3v) is 6.06. The van der Waals surface area contributed by atoms with Gasteiger partial charge in [-0.25, -0.2) is 4.98 Å². The van der Waals surface area contributed by atoms with Gasteiger partial charge in [-0.05, 0) is 32.0 Å². The molecule has 4 rings (SSSR count). The zero-order valence-electron chi connectivity index (χ0n) is 17.7. The molecule has 2 aromatic carbocycles. The molecule has 2 aromatic heterocycles. The molecule has 0 saturated carbocycles. The highest BCUT2D eigenvalue weighted by Crippen LogP contribution is 2.28. The van der Waals surface area contributed by atoms with Crippen LogP contribution in [0.2, 0.25) is 5.02 Å². The number of aryl methyl sites for hydroxylation is 2. The molecule has 32 heavy (non-hydrogen) atoms. The van der Waals surface area contributed by atoms with Crippen molar-refractivity contribution in [2.45, 2.75) is 20.3 Å². The van der Waals surface area contributed by atoms with Crippen LogP contribution in [0.5, 0.6) is 5.75 Å². The largest absolute Gasteiger partial charge is 0.495 e. The average Bonchev–Trinajstić information content (AvgIpc) is 3.35. The SMILES string of the molecule is COc1ccc(Cl)cc1NC(=O)Cc1c(C)[nH]n(-c2nc(-c3ccc(C)cc3)cs2)c1=O. The smallest absolute Gasteiger partial charge is 0.277 e. The first-order chi connectivity index (χ1) is 15.4. The van der Waals surface area contributed by atoms with Gasteiger partial charge in [-0.2, -0.15) is 4.68 Å². The average molecular weight is 469 g/mol. The maximum atomic E-state index is 13.0. The number of halogens is 1. The summed E-state index contributed by atoms with van der Waals surface area (Å²) < 4.78 is 6.63. The molecule has 4 aromatic rings. The van der Waals surface area contributed by atoms with Crippen LogP contribution in [0.1, 0.15) is 16.8 Å². The number of rotatable bonds is 6. The number of carbonyl (C=O) groups excluding carboxylic acids is 1. The number of nitrogens with zero attached hydrogens (tertiary/aromatic N) is 2. The Morgan fingerprint density at radius 3 is 2.69 bits per heavy atom. The number of hydrogen-bond acceptors (Lipinski definition) is 5. The van der Waals surface area contributed by atoms with Gasteiger partial charge < -0.3 is 10.1 Å². The Labute approximate surface area is 193 Å². The van der Waals surface area contributed by atoms with E-state index in [4.69, 9.17) is 16.3 Å². The topological polar surface area (TPSA) is 89.0 Å². The predicted molar refractivity (Wildman–Crippen MR) is 127 cm³/mol. The van der Waals surface area contributed by atoms with Crippen molar-refractivity contribution in [3.05, 3.63) is 80.0 Å². The van der Waals surface area contributed by atoms with Crippen molar-refractivity contribution in [1.29, 1.82) is 0 Å². The van der Waals surface area contributed by atoms with Crippen LogP contribution in [0.25, 0.3) is 16.4 Å². The Morgan fingerprint density at radius 2 is 1.97 bits per heavy atom. The first-order valence-electron chi connectivity index (χ1n) is 9.82. The summed E-state index contributed by atoms with van der Waals surface area (Å²) >= 11 is 7.38. The highest BCUT2D eigenvalue weighted by molar-refractivity contribution is 7.12. The van der Waals surface area contributed by atoms with Crippen molar-refractivity contribution >= 4 is 34.5 Å². The number of aromatic amines is 1. The van der Waals surface area contributed by atoms with Crippen LogP contribution >= 0.6 is 22.9 Å². The number of ether oxygens (including phenoxy) is 1. The van der Waals surface area contributed by atoms with Gasteiger partial charge in [0.25, 0.3) is 5.56 Å². The maximum absolute atomic E-state index is 13.0. The number of H-pyrrole nitrogens is 1. The normalized spacial score (nSPS) is 10.9. The van der Waals surface area contributed by atoms with Crippen molar-refractivity contribution in [2.75, 3.05) is 12.4 Å². The van der Waals surface area contributed by atoms with Gasteiger partial charge in [-0.1, -0.05) is 41.4 Å². The molecule has 0 aliphatic rings. The molecule has 0 radical (unpaired) electrons. The molecule has 1 amide bonds. The van der Waals surface area contributed by atoms with E-state index in [1.165, 1.54) is 28.7 Å². The van der Waals surface area contributed by atoms with Crippen molar-refractivity contribution in [1.82, 2.24) is 14.8 Å². The lowest BCUT2D eigenvalue weighted by Crippen LogP contribution is -2.22. The minimum absolute atomic E-state index is 0.0972. The van der Waals surface area contributed by atoms with E-state index in [9.17, 15) is 9.59 Å². The predicted octanol–water partition coefficient (Wildman–Crippen LogP) is 4.75. The number of anilines is 1. The van der Waals surface area contributed by atoms with E-state index in [2.05, 4.69) is 15.4 Å². The van der Waals surface area contributed by atoms with E-state index in [-0.39, 0.29) is 17.9 Å². The monoisotopic (exact) mass is 468 g/mol. The summed E-state index contributed by atoms with van der Waals surface area (Å²) in [6.07, 6.45) is -0.0972. The van der Waals surface area contributed by atoms with Gasteiger partial charge >= 0.3 is 0 Å². The van der Waals surface area contributed by atoms with E-state index >= 15 is 0 Å². The number of methoxy groups -OCH3 is 1. The number of aromatic nitrogens is 3. The highest BCUT2D eigenvalue weighted by atomic mass is 35.5. The summed E-state index contributed by atoms with van der Waals surface area (Å²) in [6.45, 7) is 3.78. The molecule has 0 fully saturated rings. The van der Waals surface area contributed by atoms with Crippen molar-refractivity contribution in [2.24, 2.45) is 0 Å². The second kappa shape index (κ2) is 9.02. The molecule has 0 aliphatic heterocycles. The van der Waals surface area contributed by atoms with Crippen LogP contribution in [0.4, 0.5) is 5.69 Å². The molecule has 0 saturated heterocycles. The first-order valence-corrected chi connectivity index (χ1v) is 11.1. The van der Waals surface area contributed by atoms with Crippen LogP contribution in [0, 0.1) is 13.8 Å². The third kappa shape index (κ3) is 4.46. The minimum Gasteiger partial charge on any atom is -0.495 e. The van der Waals surface area contributed by atoms with Crippen LogP contribution in [0.3, 0.4) is 0 Å². The second-order valence-electron chi connectivity index (χ2n) is 7.31. The summed E-state index contributed by atoms with van der Waals surface area (Å²) in [5, 5.41) is 8.67. The zero-order chi connectivity index (χ0) is 22.8. The molecule has 0 spiro atoms. The Morgan fingerprint density at radius 1 is 1.22 bits per heavy atom. The number of thiazole rings is 1. The molecule has 0 unspecified atom stereocenters. The minimum atomic E-state index is -0.351. The third-order valence-electron chi connectivity index (χ3n) is 5.00. The molecule has 7 nitrogen and oxygen atoms in total. The van der Waals surface area contributed by atoms with Crippen molar-refractivity contribution in [3.63, 3.8) is 0 Å². The summed E-state index contributed by atoms with van der Waals surface area (Å²) in [7, 11) is 1.51. The fourth-order valence-electron chi connectivity index (χ4n) is 3.28. The fraction of sp³-hybridized carbons (Fsp3) is 0.174. The quantitative estimate of drug-likeness (QED) is 0.427. The summed E-state index contributed by atoms with van der Waals surface area (Å²) in [5.41, 5.74) is 4.05. The van der Waals surface area contributed by atoms with Gasteiger partial charge in [0.05, 0.1) is 24.9 Å². The van der Waals surface area contributed by atoms with E-state index in [0.29, 0.717) is 32.8 Å². The Balaban J connectivity index is 1.56. The van der Waals surface area contributed by atoms with Gasteiger partial charge in [0, 0.05) is 27.2 Å². The van der Waals surface area contributed by atoms with Gasteiger partial charge in [0.2, 0.25) is 11.0 Å². The standard InChI is InChI=1S/C23H21ClN4O3S/c1-13-4-6-15(7-5-13)19-12-32-23(26-19)28-22(30)17(14(2)27-28)11-21(29)25-18-10-16(24)8-9-20(18)31-3/h4-10,12,27H,11H2,1-3H3,(H,25,29). The molecule has 2 N–H and O–H groups in total. The van der Waals surface area contributed by atoms with Crippen molar-refractivity contribution in [3.8, 4) is 22.1 Å². The Hall–Kier alpha value is -3.36. The van der Waals surface area contributed by atoms with Crippen molar-refractivity contribution < 1.29 is 9.53 Å². The van der Waals surface area contributed by atoms with Crippen LogP contribution < -0.4 is 15.6 Å². The number of amides is 1. The van der Waals surface area contributed by atoms with E-state index in [1.807, 2.05) is 36.6 Å². The lowest BCUT2D eigenvalue weighted by Gasteiger charge is -2.10. The zero-order valence-corrected chi connectivity index (χ0v) is 19.3. The molecule has 164 valence electrons. The molecule has 9 heteroatoms. The van der Waals surface area contributed by atoms with E-state index < -0.39 is 0 Å². The fourth-order valence-corrected chi connectivity index (χ4v) is 4.24. The highest BCUT2D eigenvalue weighted by Gasteiger charge is 2.19. The maximum Gasteiger partial charge on any atom is 0.277 e. The summed E-state index contributed by atoms with van der Waals surface area (Å²) in [4.78, 5) is 30.3. The van der Waals surface area contributed by atoms with Gasteiger partial charge in [0.1, 0.15) is 5.75 Å². The van der Waals surface area contributed by atoms with Crippen LogP contribution in [0.15, 0.2) is 52.6 Å². The second-order valence-corrected chi connectivity index (χ2v) is 8.58. The molecule has 0 aliphatic carbocycles. The van der Waals surface area contributed by atoms with Gasteiger partial charge in [-0.15, -0.1) is 11.3 Å². The number of carbonyl (C=O) groups is 1. The molecule has 0 bridgehead atoms.